The van der Waals surface area contributed by atoms with E-state index in [9.17, 15) is 15.0 Å². The van der Waals surface area contributed by atoms with Crippen LogP contribution in [0.2, 0.25) is 0 Å². The lowest BCUT2D eigenvalue weighted by atomic mass is 10.0. The molecule has 258 valence electrons. The van der Waals surface area contributed by atoms with Gasteiger partial charge < -0.3 is 15.5 Å². The predicted molar refractivity (Wildman–Crippen MR) is 193 cm³/mol. The largest absolute Gasteiger partial charge is 0.394 e. The molecule has 44 heavy (non-hydrogen) atoms. The Morgan fingerprint density at radius 3 is 1.32 bits per heavy atom. The summed E-state index contributed by atoms with van der Waals surface area (Å²) >= 11 is 0. The first-order valence-electron chi connectivity index (χ1n) is 19.2. The van der Waals surface area contributed by atoms with Crippen molar-refractivity contribution in [2.45, 2.75) is 206 Å². The van der Waals surface area contributed by atoms with Gasteiger partial charge in [0.05, 0.1) is 18.8 Å². The van der Waals surface area contributed by atoms with Crippen molar-refractivity contribution >= 4 is 5.91 Å². The quantitative estimate of drug-likeness (QED) is 0.0497. The third-order valence-electron chi connectivity index (χ3n) is 8.60. The molecule has 2 unspecified atom stereocenters. The molecule has 0 radical (unpaired) electrons. The van der Waals surface area contributed by atoms with Crippen molar-refractivity contribution in [2.75, 3.05) is 6.61 Å². The van der Waals surface area contributed by atoms with E-state index in [2.05, 4.69) is 43.5 Å². The molecular formula is C40H75NO3. The number of hydrogen-bond acceptors (Lipinski definition) is 3. The summed E-state index contributed by atoms with van der Waals surface area (Å²) < 4.78 is 0. The van der Waals surface area contributed by atoms with Crippen molar-refractivity contribution in [3.63, 3.8) is 0 Å². The smallest absolute Gasteiger partial charge is 0.220 e. The van der Waals surface area contributed by atoms with Crippen LogP contribution in [0.1, 0.15) is 194 Å². The number of amides is 1. The molecule has 4 nitrogen and oxygen atoms in total. The summed E-state index contributed by atoms with van der Waals surface area (Å²) in [6.07, 6.45) is 46.6. The van der Waals surface area contributed by atoms with Crippen LogP contribution in [0.3, 0.4) is 0 Å². The van der Waals surface area contributed by atoms with Crippen molar-refractivity contribution in [1.82, 2.24) is 5.32 Å². The molecule has 0 heterocycles. The summed E-state index contributed by atoms with van der Waals surface area (Å²) in [4.78, 5) is 12.3. The molecule has 0 spiro atoms. The first kappa shape index (κ1) is 42.6. The molecule has 0 fully saturated rings. The zero-order chi connectivity index (χ0) is 32.2. The van der Waals surface area contributed by atoms with Crippen LogP contribution < -0.4 is 5.32 Å². The minimum absolute atomic E-state index is 0.0782. The number of aliphatic hydroxyl groups is 2. The van der Waals surface area contributed by atoms with Gasteiger partial charge in [0.2, 0.25) is 5.91 Å². The topological polar surface area (TPSA) is 69.6 Å². The Hall–Kier alpha value is -1.39. The summed E-state index contributed by atoms with van der Waals surface area (Å²) in [5.41, 5.74) is 0. The van der Waals surface area contributed by atoms with E-state index in [0.717, 1.165) is 38.5 Å². The molecule has 0 aliphatic carbocycles. The van der Waals surface area contributed by atoms with Gasteiger partial charge in [-0.15, -0.1) is 0 Å². The molecular weight excluding hydrogens is 542 g/mol. The maximum Gasteiger partial charge on any atom is 0.220 e. The Labute approximate surface area is 274 Å². The van der Waals surface area contributed by atoms with Gasteiger partial charge in [-0.3, -0.25) is 4.79 Å². The monoisotopic (exact) mass is 618 g/mol. The normalized spacial score (nSPS) is 13.5. The van der Waals surface area contributed by atoms with Gasteiger partial charge in [0, 0.05) is 6.42 Å². The standard InChI is InChI=1S/C40H75NO3/c1-3-5-7-9-11-13-15-17-19-20-22-23-25-27-29-31-33-35-39(43)38(37-42)41-40(44)36-34-32-30-28-26-24-21-18-16-14-12-10-8-6-4-2/h19-20,25,27,33,35,38-39,42-43H,3-18,21-24,26,28-32,34,36-37H2,1-2H3,(H,41,44)/b20-19+,27-25+,35-33+. The summed E-state index contributed by atoms with van der Waals surface area (Å²) in [5.74, 6) is -0.0782. The summed E-state index contributed by atoms with van der Waals surface area (Å²) in [6, 6.07) is -0.640. The second-order valence-electron chi connectivity index (χ2n) is 13.0. The van der Waals surface area contributed by atoms with E-state index in [4.69, 9.17) is 0 Å². The van der Waals surface area contributed by atoms with E-state index in [1.165, 1.54) is 135 Å². The Kier molecular flexibility index (Phi) is 34.9. The third kappa shape index (κ3) is 32.0. The molecule has 0 aromatic carbocycles. The van der Waals surface area contributed by atoms with Crippen molar-refractivity contribution < 1.29 is 15.0 Å². The first-order chi connectivity index (χ1) is 21.7. The maximum absolute atomic E-state index is 12.3. The highest BCUT2D eigenvalue weighted by Crippen LogP contribution is 2.14. The lowest BCUT2D eigenvalue weighted by Crippen LogP contribution is -2.45. The molecule has 0 bridgehead atoms. The number of carbonyl (C=O) groups is 1. The van der Waals surface area contributed by atoms with Gasteiger partial charge in [0.25, 0.3) is 0 Å². The van der Waals surface area contributed by atoms with Crippen LogP contribution in [0.25, 0.3) is 0 Å². The van der Waals surface area contributed by atoms with E-state index in [0.29, 0.717) is 6.42 Å². The molecule has 0 saturated carbocycles. The molecule has 2 atom stereocenters. The van der Waals surface area contributed by atoms with E-state index < -0.39 is 12.1 Å². The maximum atomic E-state index is 12.3. The molecule has 0 aromatic heterocycles. The summed E-state index contributed by atoms with van der Waals surface area (Å²) in [7, 11) is 0. The van der Waals surface area contributed by atoms with E-state index in [1.54, 1.807) is 6.08 Å². The molecule has 0 aromatic rings. The molecule has 1 amide bonds. The second kappa shape index (κ2) is 36.1. The minimum Gasteiger partial charge on any atom is -0.394 e. The summed E-state index contributed by atoms with van der Waals surface area (Å²) in [5, 5.41) is 22.9. The molecule has 0 aliphatic rings. The average molecular weight is 618 g/mol. The Morgan fingerprint density at radius 1 is 0.523 bits per heavy atom. The fraction of sp³-hybridized carbons (Fsp3) is 0.825. The number of allylic oxidation sites excluding steroid dienone is 5. The summed E-state index contributed by atoms with van der Waals surface area (Å²) in [6.45, 7) is 4.28. The van der Waals surface area contributed by atoms with Gasteiger partial charge in [0.1, 0.15) is 0 Å². The molecule has 0 saturated heterocycles. The van der Waals surface area contributed by atoms with Crippen LogP contribution in [0.15, 0.2) is 36.5 Å². The van der Waals surface area contributed by atoms with E-state index in [-0.39, 0.29) is 12.5 Å². The van der Waals surface area contributed by atoms with Crippen molar-refractivity contribution in [2.24, 2.45) is 0 Å². The molecule has 0 rings (SSSR count). The number of aliphatic hydroxyl groups excluding tert-OH is 2. The average Bonchev–Trinajstić information content (AvgIpc) is 3.03. The minimum atomic E-state index is -0.865. The Balaban J connectivity index is 3.68. The van der Waals surface area contributed by atoms with Crippen molar-refractivity contribution in [3.8, 4) is 0 Å². The van der Waals surface area contributed by atoms with Gasteiger partial charge in [-0.25, -0.2) is 0 Å². The predicted octanol–water partition coefficient (Wildman–Crippen LogP) is 11.5. The zero-order valence-corrected chi connectivity index (χ0v) is 29.4. The van der Waals surface area contributed by atoms with Gasteiger partial charge in [-0.05, 0) is 44.9 Å². The lowest BCUT2D eigenvalue weighted by Gasteiger charge is -2.19. The number of unbranched alkanes of at least 4 members (excludes halogenated alkanes) is 23. The zero-order valence-electron chi connectivity index (χ0n) is 29.4. The van der Waals surface area contributed by atoms with Gasteiger partial charge in [-0.2, -0.15) is 0 Å². The number of nitrogens with one attached hydrogen (secondary N) is 1. The molecule has 4 heteroatoms. The highest BCUT2D eigenvalue weighted by Gasteiger charge is 2.17. The Morgan fingerprint density at radius 2 is 0.886 bits per heavy atom. The van der Waals surface area contributed by atoms with Gasteiger partial charge in [-0.1, -0.05) is 179 Å². The lowest BCUT2D eigenvalue weighted by molar-refractivity contribution is -0.123. The van der Waals surface area contributed by atoms with Crippen LogP contribution >= 0.6 is 0 Å². The van der Waals surface area contributed by atoms with Crippen LogP contribution in [-0.4, -0.2) is 34.9 Å². The van der Waals surface area contributed by atoms with Gasteiger partial charge >= 0.3 is 0 Å². The molecule has 0 aliphatic heterocycles. The highest BCUT2D eigenvalue weighted by atomic mass is 16.3. The fourth-order valence-corrected chi connectivity index (χ4v) is 5.62. The van der Waals surface area contributed by atoms with Crippen LogP contribution in [0.5, 0.6) is 0 Å². The van der Waals surface area contributed by atoms with Crippen molar-refractivity contribution in [3.05, 3.63) is 36.5 Å². The highest BCUT2D eigenvalue weighted by molar-refractivity contribution is 5.76. The Bertz CT molecular complexity index is 672. The number of rotatable bonds is 34. The SMILES string of the molecule is CCCCCCCCC/C=C/CC/C=C/CC/C=C/C(O)C(CO)NC(=O)CCCCCCCCCCCCCCCCC. The first-order valence-corrected chi connectivity index (χ1v) is 19.2. The second-order valence-corrected chi connectivity index (χ2v) is 13.0. The van der Waals surface area contributed by atoms with Gasteiger partial charge in [0.15, 0.2) is 0 Å². The van der Waals surface area contributed by atoms with Crippen LogP contribution in [0, 0.1) is 0 Å². The molecule has 3 N–H and O–H groups in total. The van der Waals surface area contributed by atoms with Crippen molar-refractivity contribution in [1.29, 1.82) is 0 Å². The number of carbonyl (C=O) groups excluding carboxylic acids is 1. The number of hydrogen-bond donors (Lipinski definition) is 3. The van der Waals surface area contributed by atoms with E-state index in [1.807, 2.05) is 6.08 Å². The van der Waals surface area contributed by atoms with Crippen LogP contribution in [0.4, 0.5) is 0 Å². The fourth-order valence-electron chi connectivity index (χ4n) is 5.62. The van der Waals surface area contributed by atoms with Crippen LogP contribution in [-0.2, 0) is 4.79 Å². The van der Waals surface area contributed by atoms with E-state index >= 15 is 0 Å². The third-order valence-corrected chi connectivity index (χ3v) is 8.60.